The summed E-state index contributed by atoms with van der Waals surface area (Å²) in [6.45, 7) is 12.4. The fourth-order valence-electron chi connectivity index (χ4n) is 2.79. The second-order valence-corrected chi connectivity index (χ2v) is 6.27. The molecule has 1 aliphatic rings. The lowest BCUT2D eigenvalue weighted by Crippen LogP contribution is -2.40. The third-order valence-corrected chi connectivity index (χ3v) is 4.02. The van der Waals surface area contributed by atoms with Crippen molar-refractivity contribution in [3.8, 4) is 0 Å². The summed E-state index contributed by atoms with van der Waals surface area (Å²) in [5.41, 5.74) is 4.42. The van der Waals surface area contributed by atoms with Crippen LogP contribution in [0.3, 0.4) is 0 Å². The van der Waals surface area contributed by atoms with Crippen molar-refractivity contribution in [3.63, 3.8) is 0 Å². The molecule has 0 spiro atoms. The van der Waals surface area contributed by atoms with Gasteiger partial charge in [0.05, 0.1) is 0 Å². The van der Waals surface area contributed by atoms with Crippen LogP contribution in [0.4, 0.5) is 0 Å². The van der Waals surface area contributed by atoms with Crippen LogP contribution in [-0.4, -0.2) is 25.7 Å². The maximum atomic E-state index is 3.70. The molecule has 1 fully saturated rings. The minimum absolute atomic E-state index is 0.193. The zero-order valence-electron chi connectivity index (χ0n) is 12.1. The number of benzene rings is 1. The maximum absolute atomic E-state index is 3.70. The Morgan fingerprint density at radius 2 is 2.11 bits per heavy atom. The van der Waals surface area contributed by atoms with E-state index < -0.39 is 0 Å². The SMILES string of the molecule is Cc1ccc(C)c(C(C)(C)CNC2CCNC2)c1. The van der Waals surface area contributed by atoms with Gasteiger partial charge in [-0.25, -0.2) is 0 Å². The number of rotatable bonds is 4. The van der Waals surface area contributed by atoms with Crippen LogP contribution in [0.1, 0.15) is 37.0 Å². The van der Waals surface area contributed by atoms with E-state index in [9.17, 15) is 0 Å². The Hall–Kier alpha value is -0.860. The van der Waals surface area contributed by atoms with E-state index in [1.807, 2.05) is 0 Å². The van der Waals surface area contributed by atoms with Crippen molar-refractivity contribution in [3.05, 3.63) is 34.9 Å². The minimum Gasteiger partial charge on any atom is -0.315 e. The van der Waals surface area contributed by atoms with Gasteiger partial charge in [0, 0.05) is 24.5 Å². The van der Waals surface area contributed by atoms with Crippen molar-refractivity contribution in [2.75, 3.05) is 19.6 Å². The first-order valence-corrected chi connectivity index (χ1v) is 7.01. The van der Waals surface area contributed by atoms with Crippen molar-refractivity contribution in [2.24, 2.45) is 0 Å². The summed E-state index contributed by atoms with van der Waals surface area (Å²) in [7, 11) is 0. The van der Waals surface area contributed by atoms with Crippen molar-refractivity contribution >= 4 is 0 Å². The van der Waals surface area contributed by atoms with E-state index in [-0.39, 0.29) is 5.41 Å². The molecule has 2 heteroatoms. The molecule has 1 heterocycles. The first-order chi connectivity index (χ1) is 8.49. The third kappa shape index (κ3) is 3.12. The molecule has 2 nitrogen and oxygen atoms in total. The zero-order valence-corrected chi connectivity index (χ0v) is 12.1. The topological polar surface area (TPSA) is 24.1 Å². The summed E-state index contributed by atoms with van der Waals surface area (Å²) in [6.07, 6.45) is 1.25. The molecule has 2 N–H and O–H groups in total. The second kappa shape index (κ2) is 5.41. The fraction of sp³-hybridized carbons (Fsp3) is 0.625. The molecule has 0 aromatic heterocycles. The van der Waals surface area contributed by atoms with Crippen LogP contribution in [0.15, 0.2) is 18.2 Å². The van der Waals surface area contributed by atoms with Crippen LogP contribution in [0.5, 0.6) is 0 Å². The van der Waals surface area contributed by atoms with Crippen molar-refractivity contribution in [1.29, 1.82) is 0 Å². The standard InChI is InChI=1S/C16H26N2/c1-12-5-6-13(2)15(9-12)16(3,4)11-18-14-7-8-17-10-14/h5-6,9,14,17-18H,7-8,10-11H2,1-4H3. The molecule has 0 saturated carbocycles. The van der Waals surface area contributed by atoms with Gasteiger partial charge < -0.3 is 10.6 Å². The molecule has 2 rings (SSSR count). The monoisotopic (exact) mass is 246 g/mol. The van der Waals surface area contributed by atoms with E-state index in [0.717, 1.165) is 19.6 Å². The largest absolute Gasteiger partial charge is 0.315 e. The molecule has 1 aliphatic heterocycles. The van der Waals surface area contributed by atoms with Crippen LogP contribution >= 0.6 is 0 Å². The van der Waals surface area contributed by atoms with E-state index in [0.29, 0.717) is 6.04 Å². The third-order valence-electron chi connectivity index (χ3n) is 4.02. The second-order valence-electron chi connectivity index (χ2n) is 6.27. The average molecular weight is 246 g/mol. The first-order valence-electron chi connectivity index (χ1n) is 7.01. The Morgan fingerprint density at radius 1 is 1.33 bits per heavy atom. The smallest absolute Gasteiger partial charge is 0.0204 e. The van der Waals surface area contributed by atoms with Gasteiger partial charge in [-0.3, -0.25) is 0 Å². The van der Waals surface area contributed by atoms with Crippen LogP contribution in [0, 0.1) is 13.8 Å². The van der Waals surface area contributed by atoms with Crippen molar-refractivity contribution in [2.45, 2.75) is 45.6 Å². The van der Waals surface area contributed by atoms with Gasteiger partial charge in [0.2, 0.25) is 0 Å². The summed E-state index contributed by atoms with van der Waals surface area (Å²) in [5.74, 6) is 0. The summed E-state index contributed by atoms with van der Waals surface area (Å²) in [5, 5.41) is 7.11. The Balaban J connectivity index is 2.06. The Kier molecular flexibility index (Phi) is 4.08. The Labute approximate surface area is 111 Å². The Morgan fingerprint density at radius 3 is 2.78 bits per heavy atom. The predicted octanol–water partition coefficient (Wildman–Crippen LogP) is 2.53. The summed E-state index contributed by atoms with van der Waals surface area (Å²) < 4.78 is 0. The fourth-order valence-corrected chi connectivity index (χ4v) is 2.79. The van der Waals surface area contributed by atoms with E-state index in [1.165, 1.54) is 23.1 Å². The molecule has 0 bridgehead atoms. The van der Waals surface area contributed by atoms with Gasteiger partial charge in [-0.1, -0.05) is 37.6 Å². The Bertz CT molecular complexity index is 404. The first kappa shape index (κ1) is 13.6. The van der Waals surface area contributed by atoms with Gasteiger partial charge in [-0.05, 0) is 37.9 Å². The van der Waals surface area contributed by atoms with Crippen LogP contribution in [-0.2, 0) is 5.41 Å². The lowest BCUT2D eigenvalue weighted by Gasteiger charge is -2.29. The van der Waals surface area contributed by atoms with E-state index in [4.69, 9.17) is 0 Å². The molecular formula is C16H26N2. The molecule has 0 aliphatic carbocycles. The molecule has 0 radical (unpaired) electrons. The van der Waals surface area contributed by atoms with Gasteiger partial charge in [0.15, 0.2) is 0 Å². The highest BCUT2D eigenvalue weighted by molar-refractivity contribution is 5.36. The molecule has 1 unspecified atom stereocenters. The van der Waals surface area contributed by atoms with Gasteiger partial charge in [0.25, 0.3) is 0 Å². The van der Waals surface area contributed by atoms with Gasteiger partial charge >= 0.3 is 0 Å². The molecule has 100 valence electrons. The van der Waals surface area contributed by atoms with Crippen molar-refractivity contribution < 1.29 is 0 Å². The van der Waals surface area contributed by atoms with E-state index in [2.05, 4.69) is 56.5 Å². The van der Waals surface area contributed by atoms with E-state index >= 15 is 0 Å². The van der Waals surface area contributed by atoms with Gasteiger partial charge in [-0.15, -0.1) is 0 Å². The highest BCUT2D eigenvalue weighted by Gasteiger charge is 2.24. The van der Waals surface area contributed by atoms with Gasteiger partial charge in [0.1, 0.15) is 0 Å². The highest BCUT2D eigenvalue weighted by Crippen LogP contribution is 2.26. The van der Waals surface area contributed by atoms with E-state index in [1.54, 1.807) is 0 Å². The number of hydrogen-bond donors (Lipinski definition) is 2. The number of aryl methyl sites for hydroxylation is 2. The lowest BCUT2D eigenvalue weighted by molar-refractivity contribution is 0.427. The summed E-state index contributed by atoms with van der Waals surface area (Å²) in [6, 6.07) is 7.42. The van der Waals surface area contributed by atoms with Gasteiger partial charge in [-0.2, -0.15) is 0 Å². The lowest BCUT2D eigenvalue weighted by atomic mass is 9.81. The molecule has 0 amide bonds. The minimum atomic E-state index is 0.193. The molecule has 1 atom stereocenters. The molecular weight excluding hydrogens is 220 g/mol. The normalized spacial score (nSPS) is 20.3. The van der Waals surface area contributed by atoms with Crippen molar-refractivity contribution in [1.82, 2.24) is 10.6 Å². The summed E-state index contributed by atoms with van der Waals surface area (Å²) >= 11 is 0. The zero-order chi connectivity index (χ0) is 13.2. The van der Waals surface area contributed by atoms with Crippen LogP contribution < -0.4 is 10.6 Å². The molecule has 18 heavy (non-hydrogen) atoms. The van der Waals surface area contributed by atoms with Crippen LogP contribution in [0.2, 0.25) is 0 Å². The highest BCUT2D eigenvalue weighted by atomic mass is 15.0. The number of hydrogen-bond acceptors (Lipinski definition) is 2. The number of nitrogens with one attached hydrogen (secondary N) is 2. The molecule has 1 saturated heterocycles. The molecule has 1 aromatic carbocycles. The van der Waals surface area contributed by atoms with Crippen LogP contribution in [0.25, 0.3) is 0 Å². The predicted molar refractivity (Wildman–Crippen MR) is 78.2 cm³/mol. The summed E-state index contributed by atoms with van der Waals surface area (Å²) in [4.78, 5) is 0. The quantitative estimate of drug-likeness (QED) is 0.853. The maximum Gasteiger partial charge on any atom is 0.0204 e. The average Bonchev–Trinajstić information content (AvgIpc) is 2.83. The molecule has 1 aromatic rings.